The summed E-state index contributed by atoms with van der Waals surface area (Å²) in [5.41, 5.74) is 19.9. The van der Waals surface area contributed by atoms with Gasteiger partial charge < -0.3 is 9.13 Å². The molecule has 11 aromatic rings. The molecule has 0 fully saturated rings. The van der Waals surface area contributed by atoms with E-state index >= 15 is 0 Å². The van der Waals surface area contributed by atoms with Gasteiger partial charge in [0.2, 0.25) is 0 Å². The van der Waals surface area contributed by atoms with E-state index in [-0.39, 0.29) is 5.41 Å². The van der Waals surface area contributed by atoms with Gasteiger partial charge in [0, 0.05) is 38.3 Å². The van der Waals surface area contributed by atoms with E-state index in [0.717, 1.165) is 5.69 Å². The first-order valence-electron chi connectivity index (χ1n) is 20.6. The maximum Gasteiger partial charge on any atom is 0.0541 e. The smallest absolute Gasteiger partial charge is 0.0541 e. The zero-order valence-corrected chi connectivity index (χ0v) is 33.0. The van der Waals surface area contributed by atoms with Crippen LogP contribution in [-0.4, -0.2) is 9.13 Å². The van der Waals surface area contributed by atoms with E-state index in [1.54, 1.807) is 0 Å². The van der Waals surface area contributed by atoms with E-state index in [9.17, 15) is 0 Å². The minimum Gasteiger partial charge on any atom is -0.309 e. The van der Waals surface area contributed by atoms with Crippen LogP contribution < -0.4 is 0 Å². The van der Waals surface area contributed by atoms with Crippen LogP contribution in [0.2, 0.25) is 0 Å². The molecular formula is C57H40N2. The molecule has 0 N–H and O–H groups in total. The monoisotopic (exact) mass is 752 g/mol. The van der Waals surface area contributed by atoms with Gasteiger partial charge in [-0.15, -0.1) is 0 Å². The molecular weight excluding hydrogens is 713 g/mol. The van der Waals surface area contributed by atoms with Crippen molar-refractivity contribution in [3.05, 3.63) is 217 Å². The lowest BCUT2D eigenvalue weighted by molar-refractivity contribution is 0.660. The van der Waals surface area contributed by atoms with Crippen molar-refractivity contribution in [1.29, 1.82) is 0 Å². The minimum absolute atomic E-state index is 0.0582. The molecule has 2 nitrogen and oxygen atoms in total. The molecule has 0 aliphatic heterocycles. The van der Waals surface area contributed by atoms with E-state index in [1.807, 2.05) is 0 Å². The number of fused-ring (bicyclic) bond motifs is 9. The van der Waals surface area contributed by atoms with E-state index in [0.29, 0.717) is 0 Å². The molecule has 2 heteroatoms. The molecule has 12 rings (SSSR count). The Labute approximate surface area is 343 Å². The fourth-order valence-corrected chi connectivity index (χ4v) is 9.99. The average molecular weight is 753 g/mol. The van der Waals surface area contributed by atoms with Crippen LogP contribution in [0.25, 0.3) is 99.5 Å². The summed E-state index contributed by atoms with van der Waals surface area (Å²) in [5.74, 6) is 0. The van der Waals surface area contributed by atoms with Crippen LogP contribution in [0.15, 0.2) is 206 Å². The zero-order chi connectivity index (χ0) is 39.2. The fourth-order valence-electron chi connectivity index (χ4n) is 9.99. The topological polar surface area (TPSA) is 9.86 Å². The van der Waals surface area contributed by atoms with Crippen LogP contribution in [0.1, 0.15) is 25.0 Å². The molecule has 9 aromatic carbocycles. The number of aromatic nitrogens is 2. The fraction of sp³-hybridized carbons (Fsp3) is 0.0526. The van der Waals surface area contributed by atoms with Crippen molar-refractivity contribution >= 4 is 43.6 Å². The summed E-state index contributed by atoms with van der Waals surface area (Å²) in [6, 6.07) is 76.1. The molecule has 0 atom stereocenters. The molecule has 0 radical (unpaired) electrons. The second kappa shape index (κ2) is 12.8. The second-order valence-corrected chi connectivity index (χ2v) is 16.6. The van der Waals surface area contributed by atoms with Gasteiger partial charge in [-0.25, -0.2) is 0 Å². The van der Waals surface area contributed by atoms with Crippen LogP contribution in [0, 0.1) is 0 Å². The first-order chi connectivity index (χ1) is 29.0. The molecule has 0 unspecified atom stereocenters. The molecule has 2 heterocycles. The van der Waals surface area contributed by atoms with Crippen molar-refractivity contribution in [2.24, 2.45) is 0 Å². The van der Waals surface area contributed by atoms with Crippen molar-refractivity contribution in [3.63, 3.8) is 0 Å². The number of rotatable bonds is 5. The third-order valence-electron chi connectivity index (χ3n) is 12.9. The molecule has 2 aromatic heterocycles. The highest BCUT2D eigenvalue weighted by Crippen LogP contribution is 2.50. The maximum atomic E-state index is 2.44. The Morgan fingerprint density at radius 3 is 1.36 bits per heavy atom. The normalized spacial score (nSPS) is 13.1. The molecule has 1 aliphatic carbocycles. The van der Waals surface area contributed by atoms with Crippen molar-refractivity contribution in [3.8, 4) is 55.9 Å². The number of benzene rings is 9. The van der Waals surface area contributed by atoms with Crippen LogP contribution in [0.4, 0.5) is 0 Å². The lowest BCUT2D eigenvalue weighted by atomic mass is 9.81. The van der Waals surface area contributed by atoms with Crippen LogP contribution in [0.3, 0.4) is 0 Å². The Morgan fingerprint density at radius 2 is 0.712 bits per heavy atom. The zero-order valence-electron chi connectivity index (χ0n) is 33.0. The highest BCUT2D eigenvalue weighted by atomic mass is 15.0. The molecule has 0 saturated carbocycles. The lowest BCUT2D eigenvalue weighted by Crippen LogP contribution is -2.14. The predicted molar refractivity (Wildman–Crippen MR) is 249 cm³/mol. The summed E-state index contributed by atoms with van der Waals surface area (Å²) >= 11 is 0. The van der Waals surface area contributed by atoms with Gasteiger partial charge in [-0.2, -0.15) is 0 Å². The number of para-hydroxylation sites is 2. The van der Waals surface area contributed by atoms with Gasteiger partial charge in [-0.3, -0.25) is 0 Å². The van der Waals surface area contributed by atoms with Gasteiger partial charge >= 0.3 is 0 Å². The van der Waals surface area contributed by atoms with Crippen molar-refractivity contribution in [2.75, 3.05) is 0 Å². The average Bonchev–Trinajstić information content (AvgIpc) is 3.89. The Morgan fingerprint density at radius 1 is 0.288 bits per heavy atom. The quantitative estimate of drug-likeness (QED) is 0.166. The highest BCUT2D eigenvalue weighted by Gasteiger charge is 2.35. The third-order valence-corrected chi connectivity index (χ3v) is 12.9. The minimum atomic E-state index is -0.0582. The van der Waals surface area contributed by atoms with Gasteiger partial charge in [-0.05, 0) is 128 Å². The summed E-state index contributed by atoms with van der Waals surface area (Å²) < 4.78 is 4.82. The molecule has 1 aliphatic rings. The van der Waals surface area contributed by atoms with E-state index in [4.69, 9.17) is 0 Å². The van der Waals surface area contributed by atoms with Crippen molar-refractivity contribution in [2.45, 2.75) is 19.3 Å². The molecule has 59 heavy (non-hydrogen) atoms. The van der Waals surface area contributed by atoms with Crippen molar-refractivity contribution in [1.82, 2.24) is 9.13 Å². The van der Waals surface area contributed by atoms with Crippen LogP contribution >= 0.6 is 0 Å². The Balaban J connectivity index is 1.04. The van der Waals surface area contributed by atoms with Gasteiger partial charge in [-0.1, -0.05) is 147 Å². The molecule has 0 saturated heterocycles. The summed E-state index contributed by atoms with van der Waals surface area (Å²) in [5, 5.41) is 5.01. The molecule has 0 amide bonds. The lowest BCUT2D eigenvalue weighted by Gasteiger charge is -2.22. The standard InChI is InChI=1S/C57H40N2/c1-57(2)51-19-11-9-17-45(51)46-29-23-42(36-52(46)57)41-26-32-56-50(35-41)49-34-40(25-31-55(49)59(56)44-27-21-38(22-28-44)37-13-5-3-6-14-37)39-24-30-54-48(33-39)47-18-10-12-20-53(47)58(54)43-15-7-4-8-16-43/h3-36H,1-2H3. The number of nitrogens with zero attached hydrogens (tertiary/aromatic N) is 2. The molecule has 0 bridgehead atoms. The van der Waals surface area contributed by atoms with Gasteiger partial charge in [0.15, 0.2) is 0 Å². The maximum absolute atomic E-state index is 2.44. The Kier molecular flexibility index (Phi) is 7.31. The first kappa shape index (κ1) is 33.7. The van der Waals surface area contributed by atoms with Crippen molar-refractivity contribution < 1.29 is 0 Å². The van der Waals surface area contributed by atoms with Crippen LogP contribution in [-0.2, 0) is 5.41 Å². The SMILES string of the molecule is CC1(C)c2ccccc2-c2ccc(-c3ccc4c(c3)c3cc(-c5ccc6c(c5)c5ccccc5n6-c5ccccc5)ccc3n4-c3ccc(-c4ccccc4)cc3)cc21. The van der Waals surface area contributed by atoms with Gasteiger partial charge in [0.05, 0.1) is 22.1 Å². The van der Waals surface area contributed by atoms with Crippen LogP contribution in [0.5, 0.6) is 0 Å². The Hall–Kier alpha value is -7.42. The third kappa shape index (κ3) is 5.13. The summed E-state index contributed by atoms with van der Waals surface area (Å²) in [4.78, 5) is 0. The van der Waals surface area contributed by atoms with Gasteiger partial charge in [0.1, 0.15) is 0 Å². The highest BCUT2D eigenvalue weighted by molar-refractivity contribution is 6.13. The van der Waals surface area contributed by atoms with E-state index in [2.05, 4.69) is 229 Å². The molecule has 278 valence electrons. The van der Waals surface area contributed by atoms with E-state index in [1.165, 1.54) is 105 Å². The first-order valence-corrected chi connectivity index (χ1v) is 20.6. The number of hydrogen-bond donors (Lipinski definition) is 0. The summed E-state index contributed by atoms with van der Waals surface area (Å²) in [6.45, 7) is 4.72. The largest absolute Gasteiger partial charge is 0.309 e. The van der Waals surface area contributed by atoms with Gasteiger partial charge in [0.25, 0.3) is 0 Å². The summed E-state index contributed by atoms with van der Waals surface area (Å²) in [7, 11) is 0. The van der Waals surface area contributed by atoms with E-state index < -0.39 is 0 Å². The predicted octanol–water partition coefficient (Wildman–Crippen LogP) is 15.2. The second-order valence-electron chi connectivity index (χ2n) is 16.6. The molecule has 0 spiro atoms. The summed E-state index contributed by atoms with van der Waals surface area (Å²) in [6.07, 6.45) is 0. The number of hydrogen-bond acceptors (Lipinski definition) is 0. The Bertz CT molecular complexity index is 3440.